The van der Waals surface area contributed by atoms with Gasteiger partial charge in [-0.3, -0.25) is 0 Å². The second kappa shape index (κ2) is 6.24. The van der Waals surface area contributed by atoms with Crippen LogP contribution in [-0.4, -0.2) is 28.7 Å². The van der Waals surface area contributed by atoms with Crippen LogP contribution in [0.15, 0.2) is 17.0 Å². The molecule has 0 aromatic heterocycles. The maximum absolute atomic E-state index is 12.3. The summed E-state index contributed by atoms with van der Waals surface area (Å²) >= 11 is 0. The van der Waals surface area contributed by atoms with E-state index in [1.807, 2.05) is 26.0 Å². The molecule has 0 saturated carbocycles. The first kappa shape index (κ1) is 17.1. The van der Waals surface area contributed by atoms with Crippen molar-refractivity contribution < 1.29 is 13.2 Å². The zero-order valence-electron chi connectivity index (χ0n) is 13.2. The zero-order chi connectivity index (χ0) is 15.6. The molecule has 1 rings (SSSR count). The van der Waals surface area contributed by atoms with Crippen LogP contribution in [0.3, 0.4) is 0 Å². The molecule has 114 valence electrons. The van der Waals surface area contributed by atoms with Crippen LogP contribution < -0.4 is 4.72 Å². The fraction of sp³-hybridized carbons (Fsp3) is 0.600. The molecule has 5 heteroatoms. The average Bonchev–Trinajstić information content (AvgIpc) is 2.26. The molecule has 0 fully saturated rings. The van der Waals surface area contributed by atoms with Crippen LogP contribution in [0.4, 0.5) is 0 Å². The lowest BCUT2D eigenvalue weighted by Gasteiger charge is -2.22. The lowest BCUT2D eigenvalue weighted by Crippen LogP contribution is -2.28. The van der Waals surface area contributed by atoms with Gasteiger partial charge in [0.25, 0.3) is 0 Å². The Hall–Kier alpha value is -0.910. The Bertz CT molecular complexity index is 548. The number of aryl methyl sites for hydroxylation is 2. The summed E-state index contributed by atoms with van der Waals surface area (Å²) in [5, 5.41) is 0. The summed E-state index contributed by atoms with van der Waals surface area (Å²) in [4.78, 5) is 0.376. The number of benzene rings is 1. The predicted molar refractivity (Wildman–Crippen MR) is 81.7 cm³/mol. The molecule has 1 N–H and O–H groups in total. The van der Waals surface area contributed by atoms with Crippen molar-refractivity contribution in [3.8, 4) is 0 Å². The second-order valence-electron chi connectivity index (χ2n) is 6.08. The van der Waals surface area contributed by atoms with E-state index in [2.05, 4.69) is 25.5 Å². The Kier molecular flexibility index (Phi) is 5.35. The van der Waals surface area contributed by atoms with Gasteiger partial charge in [-0.05, 0) is 36.0 Å². The van der Waals surface area contributed by atoms with Gasteiger partial charge in [0.15, 0.2) is 0 Å². The van der Waals surface area contributed by atoms with E-state index in [1.165, 1.54) is 0 Å². The number of hydrogen-bond donors (Lipinski definition) is 1. The monoisotopic (exact) mass is 299 g/mol. The number of hydrogen-bond acceptors (Lipinski definition) is 3. The van der Waals surface area contributed by atoms with Gasteiger partial charge in [0.1, 0.15) is 0 Å². The Balaban J connectivity index is 3.20. The molecule has 0 aliphatic carbocycles. The van der Waals surface area contributed by atoms with Crippen molar-refractivity contribution in [2.45, 2.75) is 44.9 Å². The van der Waals surface area contributed by atoms with Crippen LogP contribution in [0.1, 0.15) is 37.5 Å². The molecule has 1 aromatic carbocycles. The highest BCUT2D eigenvalue weighted by Crippen LogP contribution is 2.28. The summed E-state index contributed by atoms with van der Waals surface area (Å²) in [5.74, 6) is 0. The summed E-state index contributed by atoms with van der Waals surface area (Å²) in [6, 6.07) is 3.91. The molecule has 0 unspecified atom stereocenters. The molecule has 1 aromatic rings. The molecular formula is C15H25NO3S. The smallest absolute Gasteiger partial charge is 0.241 e. The number of rotatable bonds is 5. The van der Waals surface area contributed by atoms with Gasteiger partial charge >= 0.3 is 0 Å². The average molecular weight is 299 g/mol. The minimum Gasteiger partial charge on any atom is -0.383 e. The number of methoxy groups -OCH3 is 1. The maximum atomic E-state index is 12.3. The van der Waals surface area contributed by atoms with Crippen LogP contribution >= 0.6 is 0 Å². The Morgan fingerprint density at radius 2 is 1.65 bits per heavy atom. The van der Waals surface area contributed by atoms with E-state index in [0.717, 1.165) is 16.7 Å². The molecule has 20 heavy (non-hydrogen) atoms. The molecule has 0 spiro atoms. The lowest BCUT2D eigenvalue weighted by molar-refractivity contribution is 0.204. The van der Waals surface area contributed by atoms with Crippen molar-refractivity contribution in [3.05, 3.63) is 28.8 Å². The van der Waals surface area contributed by atoms with Crippen molar-refractivity contribution in [2.24, 2.45) is 0 Å². The van der Waals surface area contributed by atoms with Crippen LogP contribution in [-0.2, 0) is 20.2 Å². The third-order valence-electron chi connectivity index (χ3n) is 3.19. The van der Waals surface area contributed by atoms with Gasteiger partial charge in [0.05, 0.1) is 11.5 Å². The third-order valence-corrected chi connectivity index (χ3v) is 4.96. The number of nitrogens with one attached hydrogen (secondary N) is 1. The first-order chi connectivity index (χ1) is 9.09. The van der Waals surface area contributed by atoms with E-state index < -0.39 is 10.0 Å². The highest BCUT2D eigenvalue weighted by molar-refractivity contribution is 7.89. The van der Waals surface area contributed by atoms with E-state index in [0.29, 0.717) is 11.5 Å². The third kappa shape index (κ3) is 4.04. The molecule has 0 bridgehead atoms. The van der Waals surface area contributed by atoms with Crippen molar-refractivity contribution in [1.82, 2.24) is 4.72 Å². The Labute approximate surface area is 122 Å². The fourth-order valence-corrected chi connectivity index (χ4v) is 3.62. The standard InChI is InChI=1S/C15H25NO3S/c1-11-9-13(15(3,4)5)10-12(2)14(11)20(17,18)16-7-8-19-6/h9-10,16H,7-8H2,1-6H3. The zero-order valence-corrected chi connectivity index (χ0v) is 14.0. The van der Waals surface area contributed by atoms with E-state index >= 15 is 0 Å². The normalized spacial score (nSPS) is 12.7. The minimum absolute atomic E-state index is 0.00128. The van der Waals surface area contributed by atoms with Gasteiger partial charge in [-0.15, -0.1) is 0 Å². The fourth-order valence-electron chi connectivity index (χ4n) is 2.16. The van der Waals surface area contributed by atoms with E-state index in [-0.39, 0.29) is 12.0 Å². The van der Waals surface area contributed by atoms with E-state index in [9.17, 15) is 8.42 Å². The molecule has 0 saturated heterocycles. The van der Waals surface area contributed by atoms with Crippen LogP contribution in [0.2, 0.25) is 0 Å². The topological polar surface area (TPSA) is 55.4 Å². The van der Waals surface area contributed by atoms with Gasteiger partial charge in [0.2, 0.25) is 10.0 Å². The molecule has 0 aliphatic heterocycles. The largest absolute Gasteiger partial charge is 0.383 e. The summed E-state index contributed by atoms with van der Waals surface area (Å²) in [6.07, 6.45) is 0. The predicted octanol–water partition coefficient (Wildman–Crippen LogP) is 2.53. The van der Waals surface area contributed by atoms with Crippen LogP contribution in [0.25, 0.3) is 0 Å². The Morgan fingerprint density at radius 3 is 2.05 bits per heavy atom. The molecule has 0 amide bonds. The van der Waals surface area contributed by atoms with E-state index in [4.69, 9.17) is 4.74 Å². The van der Waals surface area contributed by atoms with Crippen molar-refractivity contribution >= 4 is 10.0 Å². The quantitative estimate of drug-likeness (QED) is 0.850. The van der Waals surface area contributed by atoms with Gasteiger partial charge in [-0.1, -0.05) is 32.9 Å². The maximum Gasteiger partial charge on any atom is 0.241 e. The van der Waals surface area contributed by atoms with Gasteiger partial charge < -0.3 is 4.74 Å². The summed E-state index contributed by atoms with van der Waals surface area (Å²) in [7, 11) is -1.94. The summed E-state index contributed by atoms with van der Waals surface area (Å²) < 4.78 is 32.1. The first-order valence-corrected chi connectivity index (χ1v) is 8.18. The van der Waals surface area contributed by atoms with Gasteiger partial charge in [-0.2, -0.15) is 0 Å². The molecule has 0 heterocycles. The highest BCUT2D eigenvalue weighted by Gasteiger charge is 2.22. The van der Waals surface area contributed by atoms with Crippen LogP contribution in [0.5, 0.6) is 0 Å². The number of ether oxygens (including phenoxy) is 1. The van der Waals surface area contributed by atoms with Crippen LogP contribution in [0, 0.1) is 13.8 Å². The number of sulfonamides is 1. The van der Waals surface area contributed by atoms with Gasteiger partial charge in [0, 0.05) is 13.7 Å². The molecule has 0 atom stereocenters. The second-order valence-corrected chi connectivity index (χ2v) is 7.78. The lowest BCUT2D eigenvalue weighted by atomic mass is 9.85. The first-order valence-electron chi connectivity index (χ1n) is 6.70. The van der Waals surface area contributed by atoms with Crippen molar-refractivity contribution in [2.75, 3.05) is 20.3 Å². The molecular weight excluding hydrogens is 274 g/mol. The van der Waals surface area contributed by atoms with Gasteiger partial charge in [-0.25, -0.2) is 13.1 Å². The van der Waals surface area contributed by atoms with E-state index in [1.54, 1.807) is 7.11 Å². The molecule has 0 aliphatic rings. The van der Waals surface area contributed by atoms with Crippen molar-refractivity contribution in [1.29, 1.82) is 0 Å². The summed E-state index contributed by atoms with van der Waals surface area (Å²) in [5.41, 5.74) is 2.70. The SMILES string of the molecule is COCCNS(=O)(=O)c1c(C)cc(C(C)(C)C)cc1C. The highest BCUT2D eigenvalue weighted by atomic mass is 32.2. The Morgan fingerprint density at radius 1 is 1.15 bits per heavy atom. The summed E-state index contributed by atoms with van der Waals surface area (Å²) in [6.45, 7) is 10.7. The molecule has 0 radical (unpaired) electrons. The van der Waals surface area contributed by atoms with Crippen molar-refractivity contribution in [3.63, 3.8) is 0 Å². The minimum atomic E-state index is -3.49. The molecule has 4 nitrogen and oxygen atoms in total.